The van der Waals surface area contributed by atoms with Crippen LogP contribution in [0.2, 0.25) is 0 Å². The Balaban J connectivity index is 1.78. The molecule has 0 aromatic carbocycles. The molecule has 1 heterocycles. The lowest BCUT2D eigenvalue weighted by Gasteiger charge is -2.09. The van der Waals surface area contributed by atoms with Gasteiger partial charge < -0.3 is 15.2 Å². The number of hydrogen-bond donors (Lipinski definition) is 2. The predicted molar refractivity (Wildman–Crippen MR) is 67.5 cm³/mol. The number of aromatic nitrogens is 1. The van der Waals surface area contributed by atoms with E-state index in [0.29, 0.717) is 25.6 Å². The standard InChI is InChI=1S/C13H18N4O/c14-6-2-7-15-13(18)10-17-8-1-3-12(17)9-16-11-4-5-11/h1,3,8,11,16H,2,4-5,7,9-10H2,(H,15,18). The van der Waals surface area contributed by atoms with Crippen LogP contribution < -0.4 is 10.6 Å². The van der Waals surface area contributed by atoms with Crippen molar-refractivity contribution in [2.45, 2.75) is 38.4 Å². The number of rotatable bonds is 7. The van der Waals surface area contributed by atoms with Gasteiger partial charge >= 0.3 is 0 Å². The van der Waals surface area contributed by atoms with Crippen molar-refractivity contribution in [1.82, 2.24) is 15.2 Å². The summed E-state index contributed by atoms with van der Waals surface area (Å²) in [6, 6.07) is 6.64. The third-order valence-corrected chi connectivity index (χ3v) is 2.95. The van der Waals surface area contributed by atoms with Crippen LogP contribution in [0.25, 0.3) is 0 Å². The van der Waals surface area contributed by atoms with E-state index in [1.54, 1.807) is 0 Å². The molecule has 1 aromatic rings. The molecule has 0 aliphatic heterocycles. The highest BCUT2D eigenvalue weighted by Crippen LogP contribution is 2.19. The third kappa shape index (κ3) is 3.90. The molecule has 96 valence electrons. The summed E-state index contributed by atoms with van der Waals surface area (Å²) in [6.07, 6.45) is 4.78. The van der Waals surface area contributed by atoms with Crippen molar-refractivity contribution in [2.75, 3.05) is 6.54 Å². The summed E-state index contributed by atoms with van der Waals surface area (Å²) in [7, 11) is 0. The van der Waals surface area contributed by atoms with E-state index in [0.717, 1.165) is 12.2 Å². The molecule has 5 heteroatoms. The molecule has 1 aliphatic carbocycles. The van der Waals surface area contributed by atoms with Gasteiger partial charge in [0.1, 0.15) is 6.54 Å². The molecule has 1 aliphatic rings. The first-order valence-electron chi connectivity index (χ1n) is 6.30. The molecule has 0 bridgehead atoms. The minimum atomic E-state index is -0.0471. The molecule has 2 rings (SSSR count). The summed E-state index contributed by atoms with van der Waals surface area (Å²) >= 11 is 0. The van der Waals surface area contributed by atoms with Crippen LogP contribution in [-0.2, 0) is 17.9 Å². The number of nitrogens with zero attached hydrogens (tertiary/aromatic N) is 2. The highest BCUT2D eigenvalue weighted by Gasteiger charge is 2.20. The molecule has 0 radical (unpaired) electrons. The van der Waals surface area contributed by atoms with Crippen molar-refractivity contribution in [1.29, 1.82) is 5.26 Å². The van der Waals surface area contributed by atoms with Crippen LogP contribution in [0.4, 0.5) is 0 Å². The van der Waals surface area contributed by atoms with Gasteiger partial charge in [0.25, 0.3) is 0 Å². The fourth-order valence-electron chi connectivity index (χ4n) is 1.77. The highest BCUT2D eigenvalue weighted by atomic mass is 16.1. The number of amides is 1. The van der Waals surface area contributed by atoms with Gasteiger partial charge in [0.2, 0.25) is 5.91 Å². The quantitative estimate of drug-likeness (QED) is 0.698. The minimum Gasteiger partial charge on any atom is -0.354 e. The molecule has 0 spiro atoms. The largest absolute Gasteiger partial charge is 0.354 e. The van der Waals surface area contributed by atoms with Gasteiger partial charge in [0, 0.05) is 31.0 Å². The van der Waals surface area contributed by atoms with E-state index < -0.39 is 0 Å². The van der Waals surface area contributed by atoms with Crippen LogP contribution in [-0.4, -0.2) is 23.1 Å². The van der Waals surface area contributed by atoms with E-state index in [9.17, 15) is 4.79 Å². The Morgan fingerprint density at radius 1 is 1.56 bits per heavy atom. The Bertz CT molecular complexity index is 442. The van der Waals surface area contributed by atoms with Crippen LogP contribution in [0.15, 0.2) is 18.3 Å². The minimum absolute atomic E-state index is 0.0471. The number of carbonyl (C=O) groups is 1. The Morgan fingerprint density at radius 3 is 3.11 bits per heavy atom. The first kappa shape index (κ1) is 12.7. The highest BCUT2D eigenvalue weighted by molar-refractivity contribution is 5.75. The van der Waals surface area contributed by atoms with E-state index in [2.05, 4.69) is 10.6 Å². The second-order valence-electron chi connectivity index (χ2n) is 4.54. The molecular weight excluding hydrogens is 228 g/mol. The number of carbonyl (C=O) groups excluding carboxylic acids is 1. The van der Waals surface area contributed by atoms with E-state index in [4.69, 9.17) is 5.26 Å². The molecule has 1 amide bonds. The summed E-state index contributed by atoms with van der Waals surface area (Å²) in [5.41, 5.74) is 1.12. The SMILES string of the molecule is N#CCCNC(=O)Cn1cccc1CNC1CC1. The van der Waals surface area contributed by atoms with Crippen LogP contribution in [0, 0.1) is 11.3 Å². The first-order valence-corrected chi connectivity index (χ1v) is 6.30. The molecule has 5 nitrogen and oxygen atoms in total. The van der Waals surface area contributed by atoms with E-state index >= 15 is 0 Å². The van der Waals surface area contributed by atoms with Gasteiger partial charge in [-0.3, -0.25) is 4.79 Å². The molecule has 1 fully saturated rings. The average Bonchev–Trinajstić information content (AvgIpc) is 3.08. The smallest absolute Gasteiger partial charge is 0.239 e. The van der Waals surface area contributed by atoms with Crippen molar-refractivity contribution >= 4 is 5.91 Å². The van der Waals surface area contributed by atoms with Gasteiger partial charge in [-0.25, -0.2) is 0 Å². The summed E-state index contributed by atoms with van der Waals surface area (Å²) in [6.45, 7) is 1.55. The van der Waals surface area contributed by atoms with E-state index in [1.165, 1.54) is 12.8 Å². The van der Waals surface area contributed by atoms with Crippen molar-refractivity contribution < 1.29 is 4.79 Å². The van der Waals surface area contributed by atoms with Gasteiger partial charge in [-0.1, -0.05) is 0 Å². The fraction of sp³-hybridized carbons (Fsp3) is 0.538. The summed E-state index contributed by atoms with van der Waals surface area (Å²) < 4.78 is 1.94. The zero-order valence-corrected chi connectivity index (χ0v) is 10.4. The van der Waals surface area contributed by atoms with Gasteiger partial charge in [0.05, 0.1) is 12.5 Å². The van der Waals surface area contributed by atoms with E-state index in [1.807, 2.05) is 29.0 Å². The fourth-order valence-corrected chi connectivity index (χ4v) is 1.77. The van der Waals surface area contributed by atoms with Crippen molar-refractivity contribution in [2.24, 2.45) is 0 Å². The van der Waals surface area contributed by atoms with Gasteiger partial charge in [-0.05, 0) is 25.0 Å². The molecule has 0 unspecified atom stereocenters. The second-order valence-corrected chi connectivity index (χ2v) is 4.54. The lowest BCUT2D eigenvalue weighted by Crippen LogP contribution is -2.29. The number of nitrogens with one attached hydrogen (secondary N) is 2. The summed E-state index contributed by atoms with van der Waals surface area (Å²) in [4.78, 5) is 11.6. The summed E-state index contributed by atoms with van der Waals surface area (Å²) in [5, 5.41) is 14.5. The van der Waals surface area contributed by atoms with Crippen LogP contribution in [0.5, 0.6) is 0 Å². The molecule has 0 atom stereocenters. The zero-order valence-electron chi connectivity index (χ0n) is 10.4. The Kier molecular flexibility index (Phi) is 4.37. The Morgan fingerprint density at radius 2 is 2.39 bits per heavy atom. The maximum absolute atomic E-state index is 11.6. The van der Waals surface area contributed by atoms with E-state index in [-0.39, 0.29) is 5.91 Å². The lowest BCUT2D eigenvalue weighted by molar-refractivity contribution is -0.121. The van der Waals surface area contributed by atoms with Crippen molar-refractivity contribution in [3.8, 4) is 6.07 Å². The first-order chi connectivity index (χ1) is 8.79. The molecular formula is C13H18N4O. The van der Waals surface area contributed by atoms with Crippen LogP contribution in [0.1, 0.15) is 25.0 Å². The normalized spacial score (nSPS) is 14.2. The molecule has 1 saturated carbocycles. The Labute approximate surface area is 107 Å². The lowest BCUT2D eigenvalue weighted by atomic mass is 10.4. The molecule has 0 saturated heterocycles. The topological polar surface area (TPSA) is 69.8 Å². The van der Waals surface area contributed by atoms with Crippen LogP contribution in [0.3, 0.4) is 0 Å². The Hall–Kier alpha value is -1.80. The third-order valence-electron chi connectivity index (χ3n) is 2.95. The predicted octanol–water partition coefficient (Wildman–Crippen LogP) is 0.770. The van der Waals surface area contributed by atoms with Crippen molar-refractivity contribution in [3.05, 3.63) is 24.0 Å². The molecule has 18 heavy (non-hydrogen) atoms. The second kappa shape index (κ2) is 6.22. The summed E-state index contributed by atoms with van der Waals surface area (Å²) in [5.74, 6) is -0.0471. The zero-order chi connectivity index (χ0) is 12.8. The molecule has 1 aromatic heterocycles. The van der Waals surface area contributed by atoms with Gasteiger partial charge in [-0.15, -0.1) is 0 Å². The van der Waals surface area contributed by atoms with Gasteiger partial charge in [-0.2, -0.15) is 5.26 Å². The average molecular weight is 246 g/mol. The number of hydrogen-bond acceptors (Lipinski definition) is 3. The van der Waals surface area contributed by atoms with Crippen LogP contribution >= 0.6 is 0 Å². The molecule has 2 N–H and O–H groups in total. The van der Waals surface area contributed by atoms with Crippen molar-refractivity contribution in [3.63, 3.8) is 0 Å². The maximum Gasteiger partial charge on any atom is 0.239 e. The van der Waals surface area contributed by atoms with Gasteiger partial charge in [0.15, 0.2) is 0 Å². The maximum atomic E-state index is 11.6. The number of nitriles is 1. The monoisotopic (exact) mass is 246 g/mol.